The Balaban J connectivity index is 1.75. The standard InChI is InChI=1S/C18H17F3N2O3/c1-23(2)13(10-3-6-14-15(7-10)26-9-25-14)8-22-18(24)11-4-5-12(19)17(21)16(11)20/h3-7,13H,8-9H2,1-2H3,(H,22,24)/t13-/m1/s1. The lowest BCUT2D eigenvalue weighted by atomic mass is 10.0. The smallest absolute Gasteiger partial charge is 0.254 e. The van der Waals surface area contributed by atoms with Crippen molar-refractivity contribution in [3.05, 3.63) is 58.9 Å². The maximum atomic E-state index is 13.8. The second-order valence-electron chi connectivity index (χ2n) is 6.03. The summed E-state index contributed by atoms with van der Waals surface area (Å²) >= 11 is 0. The van der Waals surface area contributed by atoms with E-state index in [1.165, 1.54) is 0 Å². The minimum atomic E-state index is -1.67. The minimum absolute atomic E-state index is 0.129. The van der Waals surface area contributed by atoms with Crippen LogP contribution in [0.15, 0.2) is 30.3 Å². The molecule has 1 aliphatic rings. The first kappa shape index (κ1) is 18.1. The van der Waals surface area contributed by atoms with Gasteiger partial charge in [0.25, 0.3) is 5.91 Å². The Morgan fingerprint density at radius 2 is 1.85 bits per heavy atom. The highest BCUT2D eigenvalue weighted by Gasteiger charge is 2.22. The van der Waals surface area contributed by atoms with E-state index in [0.29, 0.717) is 17.6 Å². The third-order valence-corrected chi connectivity index (χ3v) is 4.14. The maximum absolute atomic E-state index is 13.8. The number of nitrogens with one attached hydrogen (secondary N) is 1. The first-order valence-electron chi connectivity index (χ1n) is 7.86. The van der Waals surface area contributed by atoms with Crippen molar-refractivity contribution in [1.29, 1.82) is 0 Å². The number of hydrogen-bond donors (Lipinski definition) is 1. The fourth-order valence-electron chi connectivity index (χ4n) is 2.70. The van der Waals surface area contributed by atoms with E-state index in [4.69, 9.17) is 9.47 Å². The summed E-state index contributed by atoms with van der Waals surface area (Å²) in [6.07, 6.45) is 0. The molecule has 138 valence electrons. The molecule has 1 aliphatic heterocycles. The summed E-state index contributed by atoms with van der Waals surface area (Å²) in [6, 6.07) is 6.79. The summed E-state index contributed by atoms with van der Waals surface area (Å²) in [7, 11) is 3.64. The zero-order valence-corrected chi connectivity index (χ0v) is 14.2. The Hall–Kier alpha value is -2.74. The molecule has 0 aliphatic carbocycles. The molecule has 8 heteroatoms. The number of amides is 1. The number of likely N-dealkylation sites (N-methyl/N-ethyl adjacent to an activating group) is 1. The van der Waals surface area contributed by atoms with Crippen LogP contribution < -0.4 is 14.8 Å². The zero-order chi connectivity index (χ0) is 18.8. The van der Waals surface area contributed by atoms with Crippen LogP contribution in [0.1, 0.15) is 22.0 Å². The molecule has 1 atom stereocenters. The van der Waals surface area contributed by atoms with Gasteiger partial charge in [0, 0.05) is 6.54 Å². The number of nitrogens with zero attached hydrogens (tertiary/aromatic N) is 1. The van der Waals surface area contributed by atoms with E-state index < -0.39 is 28.9 Å². The number of carbonyl (C=O) groups is 1. The average Bonchev–Trinajstić information content (AvgIpc) is 3.07. The normalized spacial score (nSPS) is 13.8. The van der Waals surface area contributed by atoms with Crippen LogP contribution in [-0.4, -0.2) is 38.2 Å². The molecule has 0 saturated heterocycles. The van der Waals surface area contributed by atoms with E-state index in [0.717, 1.165) is 11.6 Å². The molecular weight excluding hydrogens is 349 g/mol. The first-order chi connectivity index (χ1) is 12.4. The van der Waals surface area contributed by atoms with Crippen LogP contribution in [0.25, 0.3) is 0 Å². The summed E-state index contributed by atoms with van der Waals surface area (Å²) in [6.45, 7) is 0.279. The van der Waals surface area contributed by atoms with Gasteiger partial charge in [-0.1, -0.05) is 6.07 Å². The van der Waals surface area contributed by atoms with Crippen molar-refractivity contribution in [1.82, 2.24) is 10.2 Å². The van der Waals surface area contributed by atoms with E-state index in [2.05, 4.69) is 5.32 Å². The van der Waals surface area contributed by atoms with E-state index in [9.17, 15) is 18.0 Å². The highest BCUT2D eigenvalue weighted by molar-refractivity contribution is 5.94. The minimum Gasteiger partial charge on any atom is -0.454 e. The van der Waals surface area contributed by atoms with Gasteiger partial charge in [0.05, 0.1) is 11.6 Å². The van der Waals surface area contributed by atoms with Crippen LogP contribution in [0, 0.1) is 17.5 Å². The second-order valence-corrected chi connectivity index (χ2v) is 6.03. The first-order valence-corrected chi connectivity index (χ1v) is 7.86. The maximum Gasteiger partial charge on any atom is 0.254 e. The van der Waals surface area contributed by atoms with Gasteiger partial charge in [-0.2, -0.15) is 0 Å². The quantitative estimate of drug-likeness (QED) is 0.827. The summed E-state index contributed by atoms with van der Waals surface area (Å²) in [4.78, 5) is 14.0. The summed E-state index contributed by atoms with van der Waals surface area (Å²) in [5.41, 5.74) is 0.303. The number of ether oxygens (including phenoxy) is 2. The molecule has 0 fully saturated rings. The molecule has 1 N–H and O–H groups in total. The molecule has 0 saturated carbocycles. The van der Waals surface area contributed by atoms with Gasteiger partial charge in [0.1, 0.15) is 0 Å². The number of halogens is 3. The van der Waals surface area contributed by atoms with Gasteiger partial charge in [-0.15, -0.1) is 0 Å². The van der Waals surface area contributed by atoms with Gasteiger partial charge in [0.2, 0.25) is 6.79 Å². The van der Waals surface area contributed by atoms with Crippen molar-refractivity contribution in [3.8, 4) is 11.5 Å². The number of rotatable bonds is 5. The molecule has 2 aromatic carbocycles. The monoisotopic (exact) mass is 366 g/mol. The Morgan fingerprint density at radius 1 is 1.12 bits per heavy atom. The van der Waals surface area contributed by atoms with Crippen molar-refractivity contribution < 1.29 is 27.4 Å². The molecule has 0 aromatic heterocycles. The topological polar surface area (TPSA) is 50.8 Å². The summed E-state index contributed by atoms with van der Waals surface area (Å²) in [5, 5.41) is 2.55. The molecule has 1 heterocycles. The predicted octanol–water partition coefficient (Wildman–Crippen LogP) is 2.87. The third-order valence-electron chi connectivity index (χ3n) is 4.14. The Kier molecular flexibility index (Phi) is 5.03. The summed E-state index contributed by atoms with van der Waals surface area (Å²) < 4.78 is 50.7. The van der Waals surface area contributed by atoms with E-state index in [1.54, 1.807) is 12.1 Å². The van der Waals surface area contributed by atoms with Crippen LogP contribution >= 0.6 is 0 Å². The van der Waals surface area contributed by atoms with Gasteiger partial charge >= 0.3 is 0 Å². The van der Waals surface area contributed by atoms with Crippen molar-refractivity contribution in [2.75, 3.05) is 27.4 Å². The number of hydrogen-bond acceptors (Lipinski definition) is 4. The van der Waals surface area contributed by atoms with Gasteiger partial charge in [-0.05, 0) is 43.9 Å². The van der Waals surface area contributed by atoms with Crippen molar-refractivity contribution in [3.63, 3.8) is 0 Å². The van der Waals surface area contributed by atoms with E-state index in [1.807, 2.05) is 25.1 Å². The molecule has 26 heavy (non-hydrogen) atoms. The molecule has 2 aromatic rings. The molecule has 3 rings (SSSR count). The van der Waals surface area contributed by atoms with Crippen LogP contribution in [0.3, 0.4) is 0 Å². The highest BCUT2D eigenvalue weighted by atomic mass is 19.2. The molecule has 0 radical (unpaired) electrons. The Bertz CT molecular complexity index is 843. The van der Waals surface area contributed by atoms with Crippen LogP contribution in [0.5, 0.6) is 11.5 Å². The van der Waals surface area contributed by atoms with Gasteiger partial charge in [-0.3, -0.25) is 4.79 Å². The second kappa shape index (κ2) is 7.25. The Labute approximate surface area is 148 Å². The van der Waals surface area contributed by atoms with Crippen LogP contribution in [0.4, 0.5) is 13.2 Å². The SMILES string of the molecule is CN(C)[C@H](CNC(=O)c1ccc(F)c(F)c1F)c1ccc2c(c1)OCO2. The predicted molar refractivity (Wildman–Crippen MR) is 87.6 cm³/mol. The van der Waals surface area contributed by atoms with Gasteiger partial charge < -0.3 is 19.7 Å². The van der Waals surface area contributed by atoms with E-state index >= 15 is 0 Å². The lowest BCUT2D eigenvalue weighted by Gasteiger charge is -2.25. The largest absolute Gasteiger partial charge is 0.454 e. The molecule has 0 spiro atoms. The van der Waals surface area contributed by atoms with Crippen LogP contribution in [0.2, 0.25) is 0 Å². The fourth-order valence-corrected chi connectivity index (χ4v) is 2.70. The highest BCUT2D eigenvalue weighted by Crippen LogP contribution is 2.35. The summed E-state index contributed by atoms with van der Waals surface area (Å²) in [5.74, 6) is -4.10. The van der Waals surface area contributed by atoms with E-state index in [-0.39, 0.29) is 19.4 Å². The van der Waals surface area contributed by atoms with Gasteiger partial charge in [0.15, 0.2) is 29.0 Å². The third kappa shape index (κ3) is 3.45. The van der Waals surface area contributed by atoms with Crippen LogP contribution in [-0.2, 0) is 0 Å². The van der Waals surface area contributed by atoms with Crippen molar-refractivity contribution in [2.45, 2.75) is 6.04 Å². The number of benzene rings is 2. The van der Waals surface area contributed by atoms with Crippen molar-refractivity contribution >= 4 is 5.91 Å². The number of carbonyl (C=O) groups excluding carboxylic acids is 1. The lowest BCUT2D eigenvalue weighted by Crippen LogP contribution is -2.35. The molecule has 1 amide bonds. The molecular formula is C18H17F3N2O3. The van der Waals surface area contributed by atoms with Crippen molar-refractivity contribution in [2.24, 2.45) is 0 Å². The number of fused-ring (bicyclic) bond motifs is 1. The van der Waals surface area contributed by atoms with Gasteiger partial charge in [-0.25, -0.2) is 13.2 Å². The molecule has 5 nitrogen and oxygen atoms in total. The zero-order valence-electron chi connectivity index (χ0n) is 14.2. The lowest BCUT2D eigenvalue weighted by molar-refractivity contribution is 0.0936. The fraction of sp³-hybridized carbons (Fsp3) is 0.278. The molecule has 0 unspecified atom stereocenters. The average molecular weight is 366 g/mol. The Morgan fingerprint density at radius 3 is 2.58 bits per heavy atom. The molecule has 0 bridgehead atoms.